The number of thioether (sulfide) groups is 1. The number of nitrogens with zero attached hydrogens (tertiary/aromatic N) is 2. The third kappa shape index (κ3) is 5.52. The average Bonchev–Trinajstić information content (AvgIpc) is 2.96. The standard InChI is InChI=1S/C30H26N4O5S/c1-3-39-29(36)24-23(20-13-9-18(2)10-14-20)25-27(31-26(24)21-7-5-4-6-8-21)32-30(33-28(25)35)40-17-19-11-15-22(16-12-19)34(37)38/h4-16,23H,3,17H2,1-2H3,(H2,31,32,33,35). The molecule has 0 spiro atoms. The Morgan fingerprint density at radius 2 is 1.75 bits per heavy atom. The van der Waals surface area contributed by atoms with Crippen LogP contribution in [0.15, 0.2) is 94.4 Å². The molecule has 2 N–H and O–H groups in total. The summed E-state index contributed by atoms with van der Waals surface area (Å²) in [5, 5.41) is 14.6. The van der Waals surface area contributed by atoms with Crippen LogP contribution in [-0.2, 0) is 15.3 Å². The fraction of sp³-hybridized carbons (Fsp3) is 0.167. The van der Waals surface area contributed by atoms with Gasteiger partial charge in [0, 0.05) is 17.9 Å². The maximum absolute atomic E-state index is 13.6. The Kier molecular flexibility index (Phi) is 7.79. The second kappa shape index (κ2) is 11.6. The number of benzene rings is 3. The molecule has 40 heavy (non-hydrogen) atoms. The van der Waals surface area contributed by atoms with E-state index in [0.717, 1.165) is 22.3 Å². The van der Waals surface area contributed by atoms with Gasteiger partial charge < -0.3 is 15.0 Å². The lowest BCUT2D eigenvalue weighted by molar-refractivity contribution is -0.384. The van der Waals surface area contributed by atoms with Crippen LogP contribution in [-0.4, -0.2) is 27.5 Å². The maximum Gasteiger partial charge on any atom is 0.337 e. The number of hydrogen-bond donors (Lipinski definition) is 2. The van der Waals surface area contributed by atoms with Crippen molar-refractivity contribution in [1.29, 1.82) is 0 Å². The van der Waals surface area contributed by atoms with Crippen LogP contribution in [0.1, 0.15) is 40.7 Å². The average molecular weight is 555 g/mol. The summed E-state index contributed by atoms with van der Waals surface area (Å²) in [6.45, 7) is 3.90. The van der Waals surface area contributed by atoms with Crippen LogP contribution in [0.2, 0.25) is 0 Å². The van der Waals surface area contributed by atoms with Crippen molar-refractivity contribution in [3.8, 4) is 0 Å². The van der Waals surface area contributed by atoms with Gasteiger partial charge in [-0.25, -0.2) is 9.78 Å². The second-order valence-electron chi connectivity index (χ2n) is 9.19. The Bertz CT molecular complexity index is 1650. The molecule has 202 valence electrons. The van der Waals surface area contributed by atoms with E-state index >= 15 is 0 Å². The van der Waals surface area contributed by atoms with Crippen molar-refractivity contribution in [2.45, 2.75) is 30.7 Å². The molecule has 0 saturated carbocycles. The number of aromatic amines is 1. The lowest BCUT2D eigenvalue weighted by atomic mass is 9.81. The fourth-order valence-electron chi connectivity index (χ4n) is 4.59. The number of fused-ring (bicyclic) bond motifs is 1. The molecule has 0 bridgehead atoms. The topological polar surface area (TPSA) is 127 Å². The third-order valence-electron chi connectivity index (χ3n) is 6.51. The lowest BCUT2D eigenvalue weighted by Crippen LogP contribution is -2.31. The molecule has 5 rings (SSSR count). The molecule has 1 aliphatic rings. The molecule has 1 aromatic heterocycles. The van der Waals surface area contributed by atoms with Crippen LogP contribution in [0.5, 0.6) is 0 Å². The molecule has 1 atom stereocenters. The minimum atomic E-state index is -0.712. The molecule has 1 unspecified atom stereocenters. The number of esters is 1. The predicted molar refractivity (Wildman–Crippen MR) is 154 cm³/mol. The SMILES string of the molecule is CCOC(=O)C1=C(c2ccccc2)Nc2nc(SCc3ccc([N+](=O)[O-])cc3)[nH]c(=O)c2C1c1ccc(C)cc1. The van der Waals surface area contributed by atoms with E-state index in [2.05, 4.69) is 10.3 Å². The Morgan fingerprint density at radius 1 is 1.05 bits per heavy atom. The molecule has 4 aromatic rings. The quantitative estimate of drug-likeness (QED) is 0.0918. The summed E-state index contributed by atoms with van der Waals surface area (Å²) in [7, 11) is 0. The van der Waals surface area contributed by atoms with Gasteiger partial charge in [0.25, 0.3) is 11.2 Å². The number of aryl methyl sites for hydroxylation is 1. The van der Waals surface area contributed by atoms with Gasteiger partial charge in [-0.2, -0.15) is 0 Å². The van der Waals surface area contributed by atoms with Crippen molar-refractivity contribution in [2.75, 3.05) is 11.9 Å². The number of nitro benzene ring substituents is 1. The van der Waals surface area contributed by atoms with Crippen molar-refractivity contribution in [2.24, 2.45) is 0 Å². The van der Waals surface area contributed by atoms with E-state index in [-0.39, 0.29) is 17.9 Å². The summed E-state index contributed by atoms with van der Waals surface area (Å²) in [5.41, 5.74) is 4.25. The molecule has 0 radical (unpaired) electrons. The van der Waals surface area contributed by atoms with Gasteiger partial charge in [-0.3, -0.25) is 14.9 Å². The van der Waals surface area contributed by atoms with Crippen LogP contribution < -0.4 is 10.9 Å². The van der Waals surface area contributed by atoms with Crippen LogP contribution in [0.3, 0.4) is 0 Å². The van der Waals surface area contributed by atoms with E-state index in [9.17, 15) is 19.7 Å². The van der Waals surface area contributed by atoms with E-state index in [1.165, 1.54) is 23.9 Å². The van der Waals surface area contributed by atoms with Crippen LogP contribution in [0, 0.1) is 17.0 Å². The van der Waals surface area contributed by atoms with Gasteiger partial charge in [0.2, 0.25) is 0 Å². The fourth-order valence-corrected chi connectivity index (χ4v) is 5.40. The first-order chi connectivity index (χ1) is 19.4. The number of aromatic nitrogens is 2. The van der Waals surface area contributed by atoms with Crippen LogP contribution >= 0.6 is 11.8 Å². The molecule has 0 fully saturated rings. The number of carbonyl (C=O) groups excluding carboxylic acids is 1. The van der Waals surface area contributed by atoms with E-state index in [1.54, 1.807) is 19.1 Å². The number of non-ortho nitro benzene ring substituents is 1. The molecule has 2 heterocycles. The van der Waals surface area contributed by atoms with Gasteiger partial charge in [0.05, 0.1) is 34.3 Å². The smallest absolute Gasteiger partial charge is 0.337 e. The number of ether oxygens (including phenoxy) is 1. The largest absolute Gasteiger partial charge is 0.463 e. The molecule has 9 nitrogen and oxygen atoms in total. The number of carbonyl (C=O) groups is 1. The molecule has 10 heteroatoms. The highest BCUT2D eigenvalue weighted by Crippen LogP contribution is 2.43. The lowest BCUT2D eigenvalue weighted by Gasteiger charge is -2.30. The van der Waals surface area contributed by atoms with Crippen molar-refractivity contribution in [3.05, 3.63) is 133 Å². The zero-order chi connectivity index (χ0) is 28.2. The molecule has 0 amide bonds. The summed E-state index contributed by atoms with van der Waals surface area (Å²) >= 11 is 1.30. The number of nitrogens with one attached hydrogen (secondary N) is 2. The van der Waals surface area contributed by atoms with Crippen molar-refractivity contribution in [1.82, 2.24) is 9.97 Å². The van der Waals surface area contributed by atoms with Crippen molar-refractivity contribution >= 4 is 34.9 Å². The molecule has 0 aliphatic carbocycles. The van der Waals surface area contributed by atoms with Crippen molar-refractivity contribution < 1.29 is 14.5 Å². The Morgan fingerprint density at radius 3 is 2.40 bits per heavy atom. The van der Waals surface area contributed by atoms with Gasteiger partial charge in [-0.1, -0.05) is 84.1 Å². The number of hydrogen-bond acceptors (Lipinski definition) is 8. The maximum atomic E-state index is 13.6. The Hall–Kier alpha value is -4.70. The first kappa shape index (κ1) is 26.9. The number of nitro groups is 1. The summed E-state index contributed by atoms with van der Waals surface area (Å²) < 4.78 is 5.48. The highest BCUT2D eigenvalue weighted by Gasteiger charge is 2.38. The summed E-state index contributed by atoms with van der Waals surface area (Å²) in [5.74, 6) is -0.430. The zero-order valence-corrected chi connectivity index (χ0v) is 22.7. The number of anilines is 1. The number of H-pyrrole nitrogens is 1. The highest BCUT2D eigenvalue weighted by molar-refractivity contribution is 7.98. The molecule has 3 aromatic carbocycles. The van der Waals surface area contributed by atoms with Crippen molar-refractivity contribution in [3.63, 3.8) is 0 Å². The van der Waals surface area contributed by atoms with Gasteiger partial charge in [-0.05, 0) is 30.5 Å². The number of rotatable bonds is 8. The van der Waals surface area contributed by atoms with Crippen LogP contribution in [0.4, 0.5) is 11.5 Å². The van der Waals surface area contributed by atoms with Gasteiger partial charge >= 0.3 is 5.97 Å². The van der Waals surface area contributed by atoms with E-state index in [0.29, 0.717) is 33.6 Å². The normalized spacial score (nSPS) is 14.3. The molecular formula is C30H26N4O5S. The Balaban J connectivity index is 1.60. The second-order valence-corrected chi connectivity index (χ2v) is 10.2. The molecule has 0 saturated heterocycles. The van der Waals surface area contributed by atoms with Crippen LogP contribution in [0.25, 0.3) is 5.70 Å². The monoisotopic (exact) mass is 554 g/mol. The first-order valence-corrected chi connectivity index (χ1v) is 13.6. The minimum Gasteiger partial charge on any atom is -0.463 e. The molecular weight excluding hydrogens is 528 g/mol. The van der Waals surface area contributed by atoms with Gasteiger partial charge in [0.15, 0.2) is 5.16 Å². The van der Waals surface area contributed by atoms with E-state index in [1.807, 2.05) is 61.5 Å². The first-order valence-electron chi connectivity index (χ1n) is 12.7. The predicted octanol–water partition coefficient (Wildman–Crippen LogP) is 5.81. The van der Waals surface area contributed by atoms with E-state index in [4.69, 9.17) is 9.72 Å². The Labute approximate surface area is 234 Å². The molecule has 1 aliphatic heterocycles. The minimum absolute atomic E-state index is 0.0121. The van der Waals surface area contributed by atoms with Gasteiger partial charge in [0.1, 0.15) is 5.82 Å². The van der Waals surface area contributed by atoms with E-state index < -0.39 is 16.8 Å². The van der Waals surface area contributed by atoms with Gasteiger partial charge in [-0.15, -0.1) is 0 Å². The summed E-state index contributed by atoms with van der Waals surface area (Å²) in [6, 6.07) is 23.4. The summed E-state index contributed by atoms with van der Waals surface area (Å²) in [4.78, 5) is 45.2. The highest BCUT2D eigenvalue weighted by atomic mass is 32.2. The third-order valence-corrected chi connectivity index (χ3v) is 7.46. The zero-order valence-electron chi connectivity index (χ0n) is 21.8. The summed E-state index contributed by atoms with van der Waals surface area (Å²) in [6.07, 6.45) is 0.